The average Bonchev–Trinajstić information content (AvgIpc) is 2.19. The van der Waals surface area contributed by atoms with Crippen LogP contribution in [0.25, 0.3) is 11.1 Å². The van der Waals surface area contributed by atoms with Gasteiger partial charge in [0.2, 0.25) is 0 Å². The number of hydrogen-bond donors (Lipinski definition) is 1. The molecule has 0 unspecified atom stereocenters. The lowest BCUT2D eigenvalue weighted by atomic mass is 10.1. The van der Waals surface area contributed by atoms with Gasteiger partial charge in [-0.2, -0.15) is 0 Å². The fraction of sp³-hybridized carbons (Fsp3) is 0.0833. The lowest BCUT2D eigenvalue weighted by Gasteiger charge is -2.07. The summed E-state index contributed by atoms with van der Waals surface area (Å²) in [6.45, 7) is 1.80. The number of benzene rings is 1. The zero-order chi connectivity index (χ0) is 12.6. The van der Waals surface area contributed by atoms with Gasteiger partial charge in [0, 0.05) is 21.8 Å². The second kappa shape index (κ2) is 4.73. The maximum atomic E-state index is 11.8. The van der Waals surface area contributed by atoms with E-state index in [0.717, 1.165) is 5.69 Å². The van der Waals surface area contributed by atoms with E-state index >= 15 is 0 Å². The summed E-state index contributed by atoms with van der Waals surface area (Å²) < 4.78 is 0. The summed E-state index contributed by atoms with van der Waals surface area (Å²) in [5.74, 6) is 0. The molecule has 0 saturated heterocycles. The normalized spacial score (nSPS) is 10.6. The zero-order valence-corrected chi connectivity index (χ0v) is 11.1. The van der Waals surface area contributed by atoms with Gasteiger partial charge < -0.3 is 4.98 Å². The second-order valence-electron chi connectivity index (χ2n) is 3.63. The minimum absolute atomic E-state index is 0.226. The first kappa shape index (κ1) is 12.5. The zero-order valence-electron chi connectivity index (χ0n) is 8.85. The van der Waals surface area contributed by atoms with Crippen molar-refractivity contribution in [2.24, 2.45) is 0 Å². The van der Waals surface area contributed by atoms with E-state index in [1.807, 2.05) is 0 Å². The molecule has 1 aromatic carbocycles. The molecule has 2 aromatic rings. The van der Waals surface area contributed by atoms with Gasteiger partial charge in [-0.15, -0.1) is 0 Å². The van der Waals surface area contributed by atoms with Crippen LogP contribution in [0.4, 0.5) is 0 Å². The van der Waals surface area contributed by atoms with Crippen molar-refractivity contribution in [2.45, 2.75) is 6.92 Å². The number of aromatic nitrogens is 1. The number of aromatic amines is 1. The van der Waals surface area contributed by atoms with Gasteiger partial charge in [0.15, 0.2) is 0 Å². The Balaban J connectivity index is 2.73. The van der Waals surface area contributed by atoms with Crippen molar-refractivity contribution >= 4 is 34.8 Å². The minimum Gasteiger partial charge on any atom is -0.326 e. The van der Waals surface area contributed by atoms with Crippen molar-refractivity contribution in [1.82, 2.24) is 4.98 Å². The van der Waals surface area contributed by atoms with E-state index in [1.54, 1.807) is 31.2 Å². The monoisotopic (exact) mass is 287 g/mol. The van der Waals surface area contributed by atoms with Gasteiger partial charge in [-0.3, -0.25) is 4.79 Å². The summed E-state index contributed by atoms with van der Waals surface area (Å²) in [5, 5.41) is 1.15. The third-order valence-corrected chi connectivity index (χ3v) is 3.15. The highest BCUT2D eigenvalue weighted by atomic mass is 35.5. The van der Waals surface area contributed by atoms with Crippen molar-refractivity contribution in [2.75, 3.05) is 0 Å². The largest absolute Gasteiger partial charge is 0.326 e. The standard InChI is InChI=1S/C12H8Cl3NO/c1-6-2-3-8(12(17)16-6)11-9(14)4-7(13)5-10(11)15/h2-5H,1H3,(H,16,17). The van der Waals surface area contributed by atoms with E-state index in [2.05, 4.69) is 4.98 Å². The van der Waals surface area contributed by atoms with Crippen LogP contribution in [0.5, 0.6) is 0 Å². The molecule has 1 heterocycles. The van der Waals surface area contributed by atoms with Gasteiger partial charge >= 0.3 is 0 Å². The highest BCUT2D eigenvalue weighted by Crippen LogP contribution is 2.35. The minimum atomic E-state index is -0.226. The molecule has 0 spiro atoms. The van der Waals surface area contributed by atoms with Crippen LogP contribution < -0.4 is 5.56 Å². The number of hydrogen-bond acceptors (Lipinski definition) is 1. The van der Waals surface area contributed by atoms with Crippen LogP contribution in [-0.4, -0.2) is 4.98 Å². The summed E-state index contributed by atoms with van der Waals surface area (Å²) >= 11 is 17.9. The van der Waals surface area contributed by atoms with Gasteiger partial charge in [0.25, 0.3) is 5.56 Å². The molecule has 0 aliphatic heterocycles. The molecule has 0 aliphatic carbocycles. The lowest BCUT2D eigenvalue weighted by molar-refractivity contribution is 1.15. The van der Waals surface area contributed by atoms with Crippen LogP contribution in [-0.2, 0) is 0 Å². The number of nitrogens with one attached hydrogen (secondary N) is 1. The van der Waals surface area contributed by atoms with E-state index in [0.29, 0.717) is 26.2 Å². The first-order valence-electron chi connectivity index (χ1n) is 4.84. The second-order valence-corrected chi connectivity index (χ2v) is 4.88. The molecular formula is C12H8Cl3NO. The fourth-order valence-corrected chi connectivity index (χ4v) is 2.59. The van der Waals surface area contributed by atoms with E-state index < -0.39 is 0 Å². The SMILES string of the molecule is Cc1ccc(-c2c(Cl)cc(Cl)cc2Cl)c(=O)[nH]1. The van der Waals surface area contributed by atoms with Crippen LogP contribution in [0.1, 0.15) is 5.69 Å². The Morgan fingerprint density at radius 1 is 1.06 bits per heavy atom. The topological polar surface area (TPSA) is 32.9 Å². The molecular weight excluding hydrogens is 280 g/mol. The van der Waals surface area contributed by atoms with Crippen molar-refractivity contribution in [3.63, 3.8) is 0 Å². The van der Waals surface area contributed by atoms with Crippen molar-refractivity contribution in [1.29, 1.82) is 0 Å². The Morgan fingerprint density at radius 2 is 1.65 bits per heavy atom. The van der Waals surface area contributed by atoms with Crippen molar-refractivity contribution in [3.8, 4) is 11.1 Å². The highest BCUT2D eigenvalue weighted by molar-refractivity contribution is 6.41. The number of aryl methyl sites for hydroxylation is 1. The maximum absolute atomic E-state index is 11.8. The van der Waals surface area contributed by atoms with E-state index in [-0.39, 0.29) is 5.56 Å². The van der Waals surface area contributed by atoms with E-state index in [1.165, 1.54) is 0 Å². The molecule has 88 valence electrons. The van der Waals surface area contributed by atoms with Gasteiger partial charge in [-0.05, 0) is 31.2 Å². The van der Waals surface area contributed by atoms with Crippen LogP contribution >= 0.6 is 34.8 Å². The fourth-order valence-electron chi connectivity index (χ4n) is 1.57. The number of pyridine rings is 1. The van der Waals surface area contributed by atoms with Gasteiger partial charge in [-0.25, -0.2) is 0 Å². The molecule has 5 heteroatoms. The predicted octanol–water partition coefficient (Wildman–Crippen LogP) is 4.31. The van der Waals surface area contributed by atoms with Crippen LogP contribution in [0, 0.1) is 6.92 Å². The Morgan fingerprint density at radius 3 is 2.18 bits per heavy atom. The van der Waals surface area contributed by atoms with Gasteiger partial charge in [0.05, 0.1) is 10.0 Å². The summed E-state index contributed by atoms with van der Waals surface area (Å²) in [7, 11) is 0. The maximum Gasteiger partial charge on any atom is 0.256 e. The van der Waals surface area contributed by atoms with Crippen molar-refractivity contribution in [3.05, 3.63) is 55.4 Å². The first-order chi connectivity index (χ1) is 7.99. The van der Waals surface area contributed by atoms with E-state index in [4.69, 9.17) is 34.8 Å². The summed E-state index contributed by atoms with van der Waals surface area (Å²) in [4.78, 5) is 14.5. The molecule has 17 heavy (non-hydrogen) atoms. The molecule has 0 atom stereocenters. The quantitative estimate of drug-likeness (QED) is 0.833. The molecule has 0 radical (unpaired) electrons. The Bertz CT molecular complexity index is 611. The van der Waals surface area contributed by atoms with Crippen LogP contribution in [0.2, 0.25) is 15.1 Å². The van der Waals surface area contributed by atoms with E-state index in [9.17, 15) is 4.79 Å². The van der Waals surface area contributed by atoms with Crippen LogP contribution in [0.3, 0.4) is 0 Å². The van der Waals surface area contributed by atoms with Crippen molar-refractivity contribution < 1.29 is 0 Å². The third kappa shape index (κ3) is 2.49. The highest BCUT2D eigenvalue weighted by Gasteiger charge is 2.13. The molecule has 0 bridgehead atoms. The average molecular weight is 289 g/mol. The molecule has 1 aromatic heterocycles. The first-order valence-corrected chi connectivity index (χ1v) is 5.97. The number of halogens is 3. The lowest BCUT2D eigenvalue weighted by Crippen LogP contribution is -2.09. The molecule has 0 amide bonds. The summed E-state index contributed by atoms with van der Waals surface area (Å²) in [6, 6.07) is 6.60. The summed E-state index contributed by atoms with van der Waals surface area (Å²) in [6.07, 6.45) is 0. The third-order valence-electron chi connectivity index (χ3n) is 2.33. The molecule has 1 N–H and O–H groups in total. The predicted molar refractivity (Wildman–Crippen MR) is 72.3 cm³/mol. The van der Waals surface area contributed by atoms with Crippen LogP contribution in [0.15, 0.2) is 29.1 Å². The Kier molecular flexibility index (Phi) is 3.48. The molecule has 0 saturated carbocycles. The molecule has 0 fully saturated rings. The smallest absolute Gasteiger partial charge is 0.256 e. The molecule has 2 nitrogen and oxygen atoms in total. The summed E-state index contributed by atoms with van der Waals surface area (Å²) in [5.41, 5.74) is 1.48. The Labute approximate surface area is 113 Å². The van der Waals surface area contributed by atoms with Gasteiger partial charge in [0.1, 0.15) is 0 Å². The number of rotatable bonds is 1. The Hall–Kier alpha value is -0.960. The number of H-pyrrole nitrogens is 1. The molecule has 0 aliphatic rings. The molecule has 2 rings (SSSR count). The van der Waals surface area contributed by atoms with Gasteiger partial charge in [-0.1, -0.05) is 34.8 Å².